The zero-order valence-electron chi connectivity index (χ0n) is 11.3. The van der Waals surface area contributed by atoms with E-state index in [-0.39, 0.29) is 0 Å². The second-order valence-corrected chi connectivity index (χ2v) is 4.70. The first-order valence-corrected chi connectivity index (χ1v) is 7.36. The third-order valence-corrected chi connectivity index (χ3v) is 3.02. The molecule has 0 rings (SSSR count). The molecule has 0 fully saturated rings. The van der Waals surface area contributed by atoms with Crippen LogP contribution in [-0.2, 0) is 0 Å². The summed E-state index contributed by atoms with van der Waals surface area (Å²) in [5.41, 5.74) is 0. The van der Waals surface area contributed by atoms with Gasteiger partial charge < -0.3 is 0 Å². The van der Waals surface area contributed by atoms with Crippen LogP contribution in [0.1, 0.15) is 84.0 Å². The van der Waals surface area contributed by atoms with Gasteiger partial charge in [-0.05, 0) is 19.3 Å². The van der Waals surface area contributed by atoms with Crippen molar-refractivity contribution < 1.29 is 0 Å². The Bertz CT molecular complexity index is 135. The van der Waals surface area contributed by atoms with Crippen molar-refractivity contribution in [3.05, 3.63) is 19.1 Å². The van der Waals surface area contributed by atoms with Gasteiger partial charge in [-0.15, -0.1) is 0 Å². The fourth-order valence-electron chi connectivity index (χ4n) is 1.96. The van der Waals surface area contributed by atoms with E-state index in [1.807, 2.05) is 0 Å². The van der Waals surface area contributed by atoms with Crippen molar-refractivity contribution in [2.45, 2.75) is 84.0 Å². The van der Waals surface area contributed by atoms with Crippen molar-refractivity contribution in [1.82, 2.24) is 0 Å². The van der Waals surface area contributed by atoms with Gasteiger partial charge in [0.2, 0.25) is 0 Å². The molecule has 0 nitrogen and oxygen atoms in total. The minimum Gasteiger partial charge on any atom is -0.0888 e. The van der Waals surface area contributed by atoms with Crippen LogP contribution in [-0.4, -0.2) is 0 Å². The van der Waals surface area contributed by atoms with Crippen molar-refractivity contribution in [2.75, 3.05) is 0 Å². The normalized spacial score (nSPS) is 11.4. The average Bonchev–Trinajstić information content (AvgIpc) is 2.31. The molecule has 0 saturated carbocycles. The van der Waals surface area contributed by atoms with Crippen LogP contribution < -0.4 is 0 Å². The summed E-state index contributed by atoms with van der Waals surface area (Å²) in [6.45, 7) is 6.07. The van der Waals surface area contributed by atoms with Gasteiger partial charge in [0, 0.05) is 0 Å². The van der Waals surface area contributed by atoms with E-state index in [0.717, 1.165) is 6.42 Å². The predicted octanol–water partition coefficient (Wildman–Crippen LogP) is 6.08. The van der Waals surface area contributed by atoms with Gasteiger partial charge in [0.05, 0.1) is 0 Å². The summed E-state index contributed by atoms with van der Waals surface area (Å²) in [5.74, 6) is 0. The van der Waals surface area contributed by atoms with Crippen molar-refractivity contribution in [3.8, 4) is 0 Å². The van der Waals surface area contributed by atoms with Gasteiger partial charge >= 0.3 is 0 Å². The van der Waals surface area contributed by atoms with Gasteiger partial charge in [-0.3, -0.25) is 0 Å². The van der Waals surface area contributed by atoms with E-state index in [0.29, 0.717) is 0 Å². The Morgan fingerprint density at radius 2 is 1.19 bits per heavy atom. The molecule has 0 spiro atoms. The highest BCUT2D eigenvalue weighted by atomic mass is 14.0. The Labute approximate surface area is 104 Å². The highest BCUT2D eigenvalue weighted by molar-refractivity contribution is 4.79. The highest BCUT2D eigenvalue weighted by Gasteiger charge is 1.91. The summed E-state index contributed by atoms with van der Waals surface area (Å²) in [6, 6.07) is 0. The van der Waals surface area contributed by atoms with E-state index >= 15 is 0 Å². The summed E-state index contributed by atoms with van der Waals surface area (Å²) in [5, 5.41) is 0. The second kappa shape index (κ2) is 14.7. The van der Waals surface area contributed by atoms with Crippen LogP contribution >= 0.6 is 0 Å². The lowest BCUT2D eigenvalue weighted by Crippen LogP contribution is -1.81. The number of allylic oxidation sites excluding steroid dienone is 2. The molecule has 0 heterocycles. The lowest BCUT2D eigenvalue weighted by atomic mass is 10.1. The van der Waals surface area contributed by atoms with Crippen LogP contribution in [0.25, 0.3) is 0 Å². The van der Waals surface area contributed by atoms with E-state index in [1.54, 1.807) is 0 Å². The average molecular weight is 223 g/mol. The summed E-state index contributed by atoms with van der Waals surface area (Å²) in [6.07, 6.45) is 20.9. The monoisotopic (exact) mass is 223 g/mol. The van der Waals surface area contributed by atoms with Crippen molar-refractivity contribution >= 4 is 0 Å². The summed E-state index contributed by atoms with van der Waals surface area (Å²) in [7, 11) is 0. The number of hydrogen-bond donors (Lipinski definition) is 0. The van der Waals surface area contributed by atoms with Crippen LogP contribution in [0.4, 0.5) is 0 Å². The molecular weight excluding hydrogens is 192 g/mol. The van der Waals surface area contributed by atoms with Crippen molar-refractivity contribution in [1.29, 1.82) is 0 Å². The Kier molecular flexibility index (Phi) is 14.5. The summed E-state index contributed by atoms with van der Waals surface area (Å²) in [4.78, 5) is 0. The Morgan fingerprint density at radius 1 is 0.688 bits per heavy atom. The standard InChI is InChI=1S/C16H31/c1-3-5-7-9-11-13-15-16-14-12-10-8-6-4-2/h6,8H,1,3-5,7,9-16H2,2H3. The molecule has 0 aliphatic heterocycles. The van der Waals surface area contributed by atoms with Crippen LogP contribution in [0, 0.1) is 6.92 Å². The van der Waals surface area contributed by atoms with Crippen LogP contribution in [0.2, 0.25) is 0 Å². The Morgan fingerprint density at radius 3 is 1.69 bits per heavy atom. The maximum atomic E-state index is 3.87. The molecule has 0 amide bonds. The summed E-state index contributed by atoms with van der Waals surface area (Å²) >= 11 is 0. The molecule has 0 saturated heterocycles. The lowest BCUT2D eigenvalue weighted by Gasteiger charge is -2.01. The molecule has 1 radical (unpaired) electrons. The molecule has 16 heavy (non-hydrogen) atoms. The molecule has 0 atom stereocenters. The second-order valence-electron chi connectivity index (χ2n) is 4.70. The van der Waals surface area contributed by atoms with Gasteiger partial charge in [0.1, 0.15) is 0 Å². The van der Waals surface area contributed by atoms with Gasteiger partial charge in [-0.1, -0.05) is 83.8 Å². The molecule has 0 aliphatic carbocycles. The van der Waals surface area contributed by atoms with Gasteiger partial charge in [0.25, 0.3) is 0 Å². The van der Waals surface area contributed by atoms with Gasteiger partial charge in [0.15, 0.2) is 0 Å². The number of hydrogen-bond acceptors (Lipinski definition) is 0. The molecular formula is C16H31. The first kappa shape index (κ1) is 15.7. The highest BCUT2D eigenvalue weighted by Crippen LogP contribution is 2.11. The van der Waals surface area contributed by atoms with Crippen molar-refractivity contribution in [3.63, 3.8) is 0 Å². The fraction of sp³-hybridized carbons (Fsp3) is 0.812. The van der Waals surface area contributed by atoms with E-state index in [9.17, 15) is 0 Å². The molecule has 0 aromatic rings. The van der Waals surface area contributed by atoms with Gasteiger partial charge in [-0.2, -0.15) is 0 Å². The van der Waals surface area contributed by atoms with E-state index < -0.39 is 0 Å². The van der Waals surface area contributed by atoms with Crippen molar-refractivity contribution in [2.24, 2.45) is 0 Å². The van der Waals surface area contributed by atoms with Crippen LogP contribution in [0.15, 0.2) is 12.2 Å². The Hall–Kier alpha value is -0.260. The topological polar surface area (TPSA) is 0 Å². The fourth-order valence-corrected chi connectivity index (χ4v) is 1.96. The largest absolute Gasteiger partial charge is 0.0888 e. The Balaban J connectivity index is 2.90. The first-order valence-electron chi connectivity index (χ1n) is 7.36. The van der Waals surface area contributed by atoms with E-state index in [1.165, 1.54) is 70.6 Å². The van der Waals surface area contributed by atoms with Gasteiger partial charge in [-0.25, -0.2) is 0 Å². The summed E-state index contributed by atoms with van der Waals surface area (Å²) < 4.78 is 0. The zero-order valence-corrected chi connectivity index (χ0v) is 11.3. The van der Waals surface area contributed by atoms with Crippen LogP contribution in [0.3, 0.4) is 0 Å². The number of rotatable bonds is 12. The van der Waals surface area contributed by atoms with Crippen LogP contribution in [0.5, 0.6) is 0 Å². The molecule has 0 aromatic carbocycles. The zero-order chi connectivity index (χ0) is 11.9. The predicted molar refractivity (Wildman–Crippen MR) is 75.6 cm³/mol. The molecule has 0 unspecified atom stereocenters. The third kappa shape index (κ3) is 13.7. The molecule has 0 aliphatic rings. The minimum atomic E-state index is 1.12. The molecule has 0 bridgehead atoms. The molecule has 0 heteroatoms. The maximum Gasteiger partial charge on any atom is -0.0351 e. The minimum absolute atomic E-state index is 1.12. The SMILES string of the molecule is [CH2]CCCCCCCCCCCC=CCC. The smallest absolute Gasteiger partial charge is 0.0351 e. The van der Waals surface area contributed by atoms with E-state index in [4.69, 9.17) is 0 Å². The first-order chi connectivity index (χ1) is 7.91. The molecule has 95 valence electrons. The third-order valence-electron chi connectivity index (χ3n) is 3.02. The molecule has 0 N–H and O–H groups in total. The number of unbranched alkanes of at least 4 members (excludes halogenated alkanes) is 10. The maximum absolute atomic E-state index is 3.87. The lowest BCUT2D eigenvalue weighted by molar-refractivity contribution is 0.561. The molecule has 0 aromatic heterocycles. The quantitative estimate of drug-likeness (QED) is 0.278. The van der Waals surface area contributed by atoms with E-state index in [2.05, 4.69) is 26.0 Å².